The zero-order chi connectivity index (χ0) is 14.4. The molecular formula is C15H21N3O2. The number of aliphatic hydroxyl groups excluding tert-OH is 1. The van der Waals surface area contributed by atoms with E-state index in [1.54, 1.807) is 11.8 Å². The van der Waals surface area contributed by atoms with Crippen molar-refractivity contribution in [2.75, 3.05) is 13.7 Å². The third-order valence-electron chi connectivity index (χ3n) is 3.22. The molecule has 0 aliphatic rings. The average molecular weight is 275 g/mol. The largest absolute Gasteiger partial charge is 0.497 e. The van der Waals surface area contributed by atoms with Gasteiger partial charge in [0.25, 0.3) is 0 Å². The Morgan fingerprint density at radius 1 is 1.45 bits per heavy atom. The van der Waals surface area contributed by atoms with Crippen LogP contribution in [0.15, 0.2) is 36.7 Å². The van der Waals surface area contributed by atoms with Crippen LogP contribution >= 0.6 is 0 Å². The third kappa shape index (κ3) is 3.82. The van der Waals surface area contributed by atoms with E-state index in [1.807, 2.05) is 30.6 Å². The summed E-state index contributed by atoms with van der Waals surface area (Å²) < 4.78 is 6.98. The number of benzene rings is 1. The van der Waals surface area contributed by atoms with Crippen LogP contribution < -0.4 is 10.1 Å². The number of aliphatic hydroxyl groups is 1. The normalized spacial score (nSPS) is 12.3. The highest BCUT2D eigenvalue weighted by Crippen LogP contribution is 2.19. The maximum absolute atomic E-state index is 8.86. The van der Waals surface area contributed by atoms with Gasteiger partial charge in [-0.15, -0.1) is 0 Å². The van der Waals surface area contributed by atoms with Crippen LogP contribution in [0.2, 0.25) is 0 Å². The number of aromatic nitrogens is 2. The van der Waals surface area contributed by atoms with Crippen molar-refractivity contribution in [3.8, 4) is 5.75 Å². The van der Waals surface area contributed by atoms with Crippen LogP contribution in [0.3, 0.4) is 0 Å². The van der Waals surface area contributed by atoms with Gasteiger partial charge in [0.15, 0.2) is 0 Å². The maximum atomic E-state index is 8.86. The van der Waals surface area contributed by atoms with E-state index in [9.17, 15) is 0 Å². The molecule has 0 saturated carbocycles. The number of hydrogen-bond acceptors (Lipinski definition) is 4. The molecule has 0 aliphatic heterocycles. The minimum Gasteiger partial charge on any atom is -0.497 e. The summed E-state index contributed by atoms with van der Waals surface area (Å²) in [5.41, 5.74) is 2.29. The van der Waals surface area contributed by atoms with E-state index in [0.29, 0.717) is 6.54 Å². The Balaban J connectivity index is 1.91. The van der Waals surface area contributed by atoms with E-state index in [1.165, 1.54) is 5.56 Å². The molecule has 20 heavy (non-hydrogen) atoms. The summed E-state index contributed by atoms with van der Waals surface area (Å²) >= 11 is 0. The first kappa shape index (κ1) is 14.6. The van der Waals surface area contributed by atoms with Gasteiger partial charge < -0.3 is 15.2 Å². The van der Waals surface area contributed by atoms with Gasteiger partial charge in [0.05, 0.1) is 26.5 Å². The second-order valence-electron chi connectivity index (χ2n) is 4.71. The van der Waals surface area contributed by atoms with Crippen molar-refractivity contribution < 1.29 is 9.84 Å². The van der Waals surface area contributed by atoms with Gasteiger partial charge in [-0.2, -0.15) is 5.10 Å². The molecule has 0 fully saturated rings. The smallest absolute Gasteiger partial charge is 0.119 e. The summed E-state index contributed by atoms with van der Waals surface area (Å²) in [7, 11) is 1.67. The molecule has 0 bridgehead atoms. The number of methoxy groups -OCH3 is 1. The predicted molar refractivity (Wildman–Crippen MR) is 77.6 cm³/mol. The van der Waals surface area contributed by atoms with Gasteiger partial charge in [-0.1, -0.05) is 12.1 Å². The summed E-state index contributed by atoms with van der Waals surface area (Å²) in [6.45, 7) is 3.50. The van der Waals surface area contributed by atoms with E-state index in [2.05, 4.69) is 23.4 Å². The molecule has 108 valence electrons. The van der Waals surface area contributed by atoms with E-state index in [-0.39, 0.29) is 12.6 Å². The van der Waals surface area contributed by atoms with Crippen LogP contribution in [0.5, 0.6) is 5.75 Å². The molecule has 1 atom stereocenters. The summed E-state index contributed by atoms with van der Waals surface area (Å²) in [4.78, 5) is 0. The second-order valence-corrected chi connectivity index (χ2v) is 4.71. The first-order valence-electron chi connectivity index (χ1n) is 6.72. The van der Waals surface area contributed by atoms with Crippen LogP contribution in [0.25, 0.3) is 0 Å². The molecule has 0 aliphatic carbocycles. The highest BCUT2D eigenvalue weighted by atomic mass is 16.5. The van der Waals surface area contributed by atoms with E-state index in [4.69, 9.17) is 9.84 Å². The van der Waals surface area contributed by atoms with E-state index >= 15 is 0 Å². The number of rotatable bonds is 7. The fourth-order valence-corrected chi connectivity index (χ4v) is 2.02. The molecule has 0 amide bonds. The first-order valence-corrected chi connectivity index (χ1v) is 6.72. The number of hydrogen-bond donors (Lipinski definition) is 2. The van der Waals surface area contributed by atoms with Gasteiger partial charge in [-0.3, -0.25) is 4.68 Å². The van der Waals surface area contributed by atoms with Crippen molar-refractivity contribution >= 4 is 0 Å². The zero-order valence-corrected chi connectivity index (χ0v) is 11.9. The molecule has 2 N–H and O–H groups in total. The molecule has 1 aromatic heterocycles. The Morgan fingerprint density at radius 3 is 3.05 bits per heavy atom. The summed E-state index contributed by atoms with van der Waals surface area (Å²) in [5, 5.41) is 16.5. The standard InChI is InChI=1S/C15H21N3O2/c1-12(14-4-3-5-15(8-14)20-2)16-9-13-10-17-18(11-13)6-7-19/h3-5,8,10-12,16,19H,6-7,9H2,1-2H3/t12-/m1/s1. The average Bonchev–Trinajstić information content (AvgIpc) is 2.93. The Labute approximate surface area is 119 Å². The molecule has 2 rings (SSSR count). The summed E-state index contributed by atoms with van der Waals surface area (Å²) in [5.74, 6) is 0.868. The maximum Gasteiger partial charge on any atom is 0.119 e. The van der Waals surface area contributed by atoms with Gasteiger partial charge in [-0.25, -0.2) is 0 Å². The Kier molecular flexibility index (Phi) is 5.15. The van der Waals surface area contributed by atoms with Gasteiger partial charge >= 0.3 is 0 Å². The fourth-order valence-electron chi connectivity index (χ4n) is 2.02. The number of ether oxygens (including phenoxy) is 1. The molecule has 5 heteroatoms. The molecule has 0 saturated heterocycles. The van der Waals surface area contributed by atoms with Gasteiger partial charge in [-0.05, 0) is 24.6 Å². The van der Waals surface area contributed by atoms with Crippen molar-refractivity contribution in [3.63, 3.8) is 0 Å². The van der Waals surface area contributed by atoms with E-state index < -0.39 is 0 Å². The quantitative estimate of drug-likeness (QED) is 0.808. The minimum atomic E-state index is 0.106. The minimum absolute atomic E-state index is 0.106. The molecule has 0 radical (unpaired) electrons. The molecule has 2 aromatic rings. The fraction of sp³-hybridized carbons (Fsp3) is 0.400. The van der Waals surface area contributed by atoms with Crippen LogP contribution in [-0.2, 0) is 13.1 Å². The van der Waals surface area contributed by atoms with Crippen LogP contribution in [0.1, 0.15) is 24.1 Å². The van der Waals surface area contributed by atoms with Crippen molar-refractivity contribution in [3.05, 3.63) is 47.8 Å². The number of nitrogens with one attached hydrogen (secondary N) is 1. The molecular weight excluding hydrogens is 254 g/mol. The lowest BCUT2D eigenvalue weighted by Crippen LogP contribution is -2.17. The Morgan fingerprint density at radius 2 is 2.30 bits per heavy atom. The van der Waals surface area contributed by atoms with E-state index in [0.717, 1.165) is 17.9 Å². The highest BCUT2D eigenvalue weighted by Gasteiger charge is 2.06. The van der Waals surface area contributed by atoms with Crippen LogP contribution in [0, 0.1) is 0 Å². The summed E-state index contributed by atoms with van der Waals surface area (Å²) in [6.07, 6.45) is 3.77. The lowest BCUT2D eigenvalue weighted by molar-refractivity contribution is 0.269. The molecule has 5 nitrogen and oxygen atoms in total. The van der Waals surface area contributed by atoms with Crippen LogP contribution in [0.4, 0.5) is 0 Å². The van der Waals surface area contributed by atoms with Crippen molar-refractivity contribution in [1.29, 1.82) is 0 Å². The second kappa shape index (κ2) is 7.07. The van der Waals surface area contributed by atoms with Crippen molar-refractivity contribution in [2.45, 2.75) is 26.1 Å². The Bertz CT molecular complexity index is 539. The third-order valence-corrected chi connectivity index (χ3v) is 3.22. The molecule has 0 spiro atoms. The monoisotopic (exact) mass is 275 g/mol. The van der Waals surface area contributed by atoms with Gasteiger partial charge in [0.1, 0.15) is 5.75 Å². The Hall–Kier alpha value is -1.85. The highest BCUT2D eigenvalue weighted by molar-refractivity contribution is 5.30. The lowest BCUT2D eigenvalue weighted by Gasteiger charge is -2.14. The number of nitrogens with zero attached hydrogens (tertiary/aromatic N) is 2. The van der Waals surface area contributed by atoms with Gasteiger partial charge in [0, 0.05) is 24.3 Å². The summed E-state index contributed by atoms with van der Waals surface area (Å²) in [6, 6.07) is 8.27. The topological polar surface area (TPSA) is 59.3 Å². The molecule has 1 heterocycles. The predicted octanol–water partition coefficient (Wildman–Crippen LogP) is 1.73. The lowest BCUT2D eigenvalue weighted by atomic mass is 10.1. The van der Waals surface area contributed by atoms with Crippen molar-refractivity contribution in [2.24, 2.45) is 0 Å². The van der Waals surface area contributed by atoms with Crippen molar-refractivity contribution in [1.82, 2.24) is 15.1 Å². The zero-order valence-electron chi connectivity index (χ0n) is 11.9. The SMILES string of the molecule is COc1cccc([C@@H](C)NCc2cnn(CCO)c2)c1. The molecule has 0 unspecified atom stereocenters. The first-order chi connectivity index (χ1) is 9.72. The van der Waals surface area contributed by atoms with Crippen LogP contribution in [-0.4, -0.2) is 28.6 Å². The molecule has 1 aromatic carbocycles. The van der Waals surface area contributed by atoms with Gasteiger partial charge in [0.2, 0.25) is 0 Å².